The highest BCUT2D eigenvalue weighted by atomic mass is 16.7. The second kappa shape index (κ2) is 9.89. The molecule has 1 unspecified atom stereocenters. The zero-order valence-electron chi connectivity index (χ0n) is 17.5. The maximum Gasteiger partial charge on any atom is 0.243 e. The fourth-order valence-electron chi connectivity index (χ4n) is 3.87. The summed E-state index contributed by atoms with van der Waals surface area (Å²) in [5.74, 6) is 1.00. The standard InChI is InChI=1S/C20H36N4O4/c1-15-4-8-20(9-5-15)27-14-17(28-20)12-21-19(22-13-18(25)24(2)3)23-16-6-10-26-11-7-16/h15-17H,4-14H2,1-3H3,(H2,21,22,23). The highest BCUT2D eigenvalue weighted by Crippen LogP contribution is 2.39. The Morgan fingerprint density at radius 3 is 2.57 bits per heavy atom. The molecule has 160 valence electrons. The van der Waals surface area contributed by atoms with Crippen LogP contribution in [0.25, 0.3) is 0 Å². The van der Waals surface area contributed by atoms with Crippen molar-refractivity contribution in [1.82, 2.24) is 15.5 Å². The van der Waals surface area contributed by atoms with Crippen LogP contribution in [0.4, 0.5) is 0 Å². The minimum Gasteiger partial charge on any atom is -0.381 e. The lowest BCUT2D eigenvalue weighted by atomic mass is 9.86. The molecule has 1 amide bonds. The molecule has 2 saturated heterocycles. The lowest BCUT2D eigenvalue weighted by Gasteiger charge is -2.34. The zero-order chi connectivity index (χ0) is 20.0. The van der Waals surface area contributed by atoms with Crippen LogP contribution in [0.15, 0.2) is 4.99 Å². The van der Waals surface area contributed by atoms with Crippen molar-refractivity contribution in [3.63, 3.8) is 0 Å². The largest absolute Gasteiger partial charge is 0.381 e. The summed E-state index contributed by atoms with van der Waals surface area (Å²) in [6.07, 6.45) is 6.14. The summed E-state index contributed by atoms with van der Waals surface area (Å²) in [4.78, 5) is 18.0. The number of ether oxygens (including phenoxy) is 3. The molecule has 3 rings (SSSR count). The van der Waals surface area contributed by atoms with Crippen LogP contribution in [0, 0.1) is 5.92 Å². The van der Waals surface area contributed by atoms with Crippen molar-refractivity contribution in [2.24, 2.45) is 10.9 Å². The summed E-state index contributed by atoms with van der Waals surface area (Å²) >= 11 is 0. The first-order chi connectivity index (χ1) is 13.5. The highest BCUT2D eigenvalue weighted by Gasteiger charge is 2.43. The van der Waals surface area contributed by atoms with Gasteiger partial charge < -0.3 is 29.7 Å². The molecule has 0 radical (unpaired) electrons. The maximum absolute atomic E-state index is 11.9. The Hall–Kier alpha value is -1.38. The van der Waals surface area contributed by atoms with Crippen LogP contribution in [0.3, 0.4) is 0 Å². The number of carbonyl (C=O) groups is 1. The topological polar surface area (TPSA) is 84.4 Å². The number of amides is 1. The normalized spacial score (nSPS) is 31.8. The minimum absolute atomic E-state index is 0.000328. The van der Waals surface area contributed by atoms with Crippen LogP contribution in [0.1, 0.15) is 45.4 Å². The van der Waals surface area contributed by atoms with Crippen LogP contribution in [0.2, 0.25) is 0 Å². The van der Waals surface area contributed by atoms with Crippen molar-refractivity contribution in [3.05, 3.63) is 0 Å². The Bertz CT molecular complexity index is 540. The van der Waals surface area contributed by atoms with Gasteiger partial charge in [0.2, 0.25) is 5.91 Å². The van der Waals surface area contributed by atoms with E-state index in [-0.39, 0.29) is 24.3 Å². The number of aliphatic imine (C=N–C) groups is 1. The average molecular weight is 397 g/mol. The van der Waals surface area contributed by atoms with Crippen LogP contribution in [-0.2, 0) is 19.0 Å². The summed E-state index contributed by atoms with van der Waals surface area (Å²) in [5.41, 5.74) is 0. The third-order valence-corrected chi connectivity index (χ3v) is 5.88. The fourth-order valence-corrected chi connectivity index (χ4v) is 3.87. The molecule has 2 aliphatic heterocycles. The molecule has 3 fully saturated rings. The fraction of sp³-hybridized carbons (Fsp3) is 0.900. The van der Waals surface area contributed by atoms with Gasteiger partial charge in [-0.3, -0.25) is 4.79 Å². The van der Waals surface area contributed by atoms with E-state index in [1.54, 1.807) is 19.0 Å². The molecule has 3 aliphatic rings. The molecule has 8 nitrogen and oxygen atoms in total. The summed E-state index contributed by atoms with van der Waals surface area (Å²) in [6, 6.07) is 0.307. The van der Waals surface area contributed by atoms with Crippen molar-refractivity contribution < 1.29 is 19.0 Å². The van der Waals surface area contributed by atoms with Crippen molar-refractivity contribution in [2.45, 2.75) is 63.4 Å². The minimum atomic E-state index is -0.384. The molecule has 8 heteroatoms. The SMILES string of the molecule is CC1CCC2(CC1)OCC(CNC(=NCC(=O)N(C)C)NC1CCOCC1)O2. The van der Waals surface area contributed by atoms with Gasteiger partial charge in [-0.15, -0.1) is 0 Å². The number of nitrogens with zero attached hydrogens (tertiary/aromatic N) is 2. The van der Waals surface area contributed by atoms with Gasteiger partial charge in [-0.1, -0.05) is 6.92 Å². The van der Waals surface area contributed by atoms with Gasteiger partial charge in [-0.2, -0.15) is 0 Å². The third-order valence-electron chi connectivity index (χ3n) is 5.88. The second-order valence-corrected chi connectivity index (χ2v) is 8.51. The van der Waals surface area contributed by atoms with Crippen LogP contribution in [0.5, 0.6) is 0 Å². The number of guanidine groups is 1. The molecule has 0 aromatic heterocycles. The maximum atomic E-state index is 11.9. The van der Waals surface area contributed by atoms with E-state index in [1.165, 1.54) is 0 Å². The van der Waals surface area contributed by atoms with E-state index in [2.05, 4.69) is 22.5 Å². The number of hydrogen-bond acceptors (Lipinski definition) is 5. The predicted octanol–water partition coefficient (Wildman–Crippen LogP) is 1.11. The monoisotopic (exact) mass is 396 g/mol. The van der Waals surface area contributed by atoms with E-state index in [0.717, 1.165) is 57.7 Å². The highest BCUT2D eigenvalue weighted by molar-refractivity contribution is 5.84. The number of likely N-dealkylation sites (N-methyl/N-ethyl adjacent to an activating group) is 1. The Kier molecular flexibility index (Phi) is 7.54. The quantitative estimate of drug-likeness (QED) is 0.535. The predicted molar refractivity (Wildman–Crippen MR) is 107 cm³/mol. The van der Waals surface area contributed by atoms with Crippen molar-refractivity contribution in [2.75, 3.05) is 47.0 Å². The molecule has 0 aromatic carbocycles. The van der Waals surface area contributed by atoms with Gasteiger partial charge in [0.15, 0.2) is 11.7 Å². The molecule has 1 atom stereocenters. The molecule has 1 aliphatic carbocycles. The van der Waals surface area contributed by atoms with Gasteiger partial charge in [0.25, 0.3) is 0 Å². The van der Waals surface area contributed by atoms with E-state index in [4.69, 9.17) is 14.2 Å². The van der Waals surface area contributed by atoms with Crippen molar-refractivity contribution in [1.29, 1.82) is 0 Å². The Morgan fingerprint density at radius 1 is 1.18 bits per heavy atom. The lowest BCUT2D eigenvalue weighted by molar-refractivity contribution is -0.191. The number of rotatable bonds is 5. The molecule has 2 heterocycles. The van der Waals surface area contributed by atoms with Gasteiger partial charge in [0.05, 0.1) is 6.61 Å². The van der Waals surface area contributed by atoms with Gasteiger partial charge >= 0.3 is 0 Å². The molecule has 1 spiro atoms. The van der Waals surface area contributed by atoms with Crippen LogP contribution >= 0.6 is 0 Å². The Labute approximate surface area is 168 Å². The van der Waals surface area contributed by atoms with E-state index >= 15 is 0 Å². The Morgan fingerprint density at radius 2 is 1.89 bits per heavy atom. The average Bonchev–Trinajstić information content (AvgIpc) is 3.10. The second-order valence-electron chi connectivity index (χ2n) is 8.51. The van der Waals surface area contributed by atoms with Crippen LogP contribution < -0.4 is 10.6 Å². The summed E-state index contributed by atoms with van der Waals surface area (Å²) in [7, 11) is 3.48. The first-order valence-electron chi connectivity index (χ1n) is 10.6. The van der Waals surface area contributed by atoms with Gasteiger partial charge in [0, 0.05) is 52.7 Å². The van der Waals surface area contributed by atoms with E-state index in [1.807, 2.05) is 0 Å². The molecule has 0 aromatic rings. The molecular formula is C20H36N4O4. The van der Waals surface area contributed by atoms with E-state index < -0.39 is 0 Å². The molecule has 2 N–H and O–H groups in total. The van der Waals surface area contributed by atoms with E-state index in [0.29, 0.717) is 25.2 Å². The lowest BCUT2D eigenvalue weighted by Crippen LogP contribution is -2.48. The van der Waals surface area contributed by atoms with Crippen molar-refractivity contribution in [3.8, 4) is 0 Å². The van der Waals surface area contributed by atoms with E-state index in [9.17, 15) is 4.79 Å². The number of hydrogen-bond donors (Lipinski definition) is 2. The zero-order valence-corrected chi connectivity index (χ0v) is 17.5. The van der Waals surface area contributed by atoms with Gasteiger partial charge in [0.1, 0.15) is 12.6 Å². The number of carbonyl (C=O) groups excluding carboxylic acids is 1. The van der Waals surface area contributed by atoms with Crippen molar-refractivity contribution >= 4 is 11.9 Å². The molecule has 0 bridgehead atoms. The summed E-state index contributed by atoms with van der Waals surface area (Å²) in [5, 5.41) is 6.80. The van der Waals surface area contributed by atoms with Gasteiger partial charge in [-0.25, -0.2) is 4.99 Å². The summed E-state index contributed by atoms with van der Waals surface area (Å²) < 4.78 is 17.8. The first-order valence-corrected chi connectivity index (χ1v) is 10.6. The smallest absolute Gasteiger partial charge is 0.243 e. The summed E-state index contributed by atoms with van der Waals surface area (Å²) in [6.45, 7) is 5.13. The van der Waals surface area contributed by atoms with Crippen LogP contribution in [-0.4, -0.2) is 81.7 Å². The molecule has 1 saturated carbocycles. The molecular weight excluding hydrogens is 360 g/mol. The number of nitrogens with one attached hydrogen (secondary N) is 2. The van der Waals surface area contributed by atoms with Gasteiger partial charge in [-0.05, 0) is 31.6 Å². The first kappa shape index (κ1) is 21.3. The third kappa shape index (κ3) is 6.06. The Balaban J connectivity index is 1.52. The molecule has 28 heavy (non-hydrogen) atoms.